The number of H-pyrrole nitrogens is 2. The molecule has 7 heteroatoms. The van der Waals surface area contributed by atoms with Crippen molar-refractivity contribution in [3.05, 3.63) is 56.2 Å². The lowest BCUT2D eigenvalue weighted by Crippen LogP contribution is -2.20. The summed E-state index contributed by atoms with van der Waals surface area (Å²) in [5.41, 5.74) is -0.634. The summed E-state index contributed by atoms with van der Waals surface area (Å²) < 4.78 is 0. The van der Waals surface area contributed by atoms with E-state index in [0.717, 1.165) is 6.07 Å². The van der Waals surface area contributed by atoms with Crippen LogP contribution in [0.3, 0.4) is 0 Å². The van der Waals surface area contributed by atoms with Gasteiger partial charge in [0.25, 0.3) is 5.56 Å². The summed E-state index contributed by atoms with van der Waals surface area (Å²) in [4.78, 5) is 26.3. The molecule has 0 aliphatic rings. The van der Waals surface area contributed by atoms with Gasteiger partial charge < -0.3 is 0 Å². The first-order valence-electron chi connectivity index (χ1n) is 4.64. The van der Waals surface area contributed by atoms with Crippen LogP contribution in [-0.4, -0.2) is 9.97 Å². The van der Waals surface area contributed by atoms with Crippen molar-refractivity contribution in [2.24, 2.45) is 10.2 Å². The summed E-state index contributed by atoms with van der Waals surface area (Å²) in [5.74, 6) is 0.0822. The second-order valence-electron chi connectivity index (χ2n) is 3.15. The Hall–Kier alpha value is -2.21. The summed E-state index contributed by atoms with van der Waals surface area (Å²) in [6.07, 6.45) is 0. The number of aromatic amines is 2. The van der Waals surface area contributed by atoms with Crippen molar-refractivity contribution in [2.45, 2.75) is 0 Å². The Balaban J connectivity index is 2.32. The number of rotatable bonds is 2. The van der Waals surface area contributed by atoms with E-state index in [2.05, 4.69) is 15.2 Å². The first-order chi connectivity index (χ1) is 8.13. The van der Waals surface area contributed by atoms with Gasteiger partial charge in [-0.05, 0) is 18.2 Å². The maximum absolute atomic E-state index is 11.0. The monoisotopic (exact) mass is 250 g/mol. The fraction of sp³-hybridized carbons (Fsp3) is 0. The highest BCUT2D eigenvalue weighted by molar-refractivity contribution is 6.30. The first-order valence-corrected chi connectivity index (χ1v) is 5.02. The molecule has 1 aromatic heterocycles. The lowest BCUT2D eigenvalue weighted by Gasteiger charge is -1.93. The van der Waals surface area contributed by atoms with Gasteiger partial charge in [0.05, 0.1) is 5.69 Å². The lowest BCUT2D eigenvalue weighted by atomic mass is 10.3. The number of halogens is 1. The smallest absolute Gasteiger partial charge is 0.290 e. The van der Waals surface area contributed by atoms with Gasteiger partial charge in [-0.1, -0.05) is 17.7 Å². The standard InChI is InChI=1S/C10H7ClN4O2/c11-6-2-1-3-7(4-6)14-15-8-5-9(16)13-10(17)12-8/h1-5H,(H2,12,13,16,17)/b15-14+. The molecule has 2 rings (SSSR count). The number of aromatic nitrogens is 2. The van der Waals surface area contributed by atoms with Gasteiger partial charge in [-0.25, -0.2) is 4.79 Å². The molecule has 0 saturated carbocycles. The fourth-order valence-electron chi connectivity index (χ4n) is 1.16. The van der Waals surface area contributed by atoms with E-state index in [1.165, 1.54) is 0 Å². The van der Waals surface area contributed by atoms with Crippen molar-refractivity contribution < 1.29 is 0 Å². The second-order valence-corrected chi connectivity index (χ2v) is 3.59. The Morgan fingerprint density at radius 3 is 2.59 bits per heavy atom. The zero-order valence-electron chi connectivity index (χ0n) is 8.48. The highest BCUT2D eigenvalue weighted by Gasteiger charge is 1.95. The second kappa shape index (κ2) is 4.75. The number of nitrogens with one attached hydrogen (secondary N) is 2. The topological polar surface area (TPSA) is 90.4 Å². The summed E-state index contributed by atoms with van der Waals surface area (Å²) in [6.45, 7) is 0. The third-order valence-corrected chi connectivity index (χ3v) is 2.06. The molecular formula is C10H7ClN4O2. The van der Waals surface area contributed by atoms with E-state index in [0.29, 0.717) is 10.7 Å². The molecule has 0 aliphatic carbocycles. The van der Waals surface area contributed by atoms with Crippen molar-refractivity contribution in [3.63, 3.8) is 0 Å². The summed E-state index contributed by atoms with van der Waals surface area (Å²) in [6, 6.07) is 7.86. The van der Waals surface area contributed by atoms with Crippen molar-refractivity contribution >= 4 is 23.1 Å². The molecule has 0 fully saturated rings. The van der Waals surface area contributed by atoms with Crippen LogP contribution in [0.15, 0.2) is 50.1 Å². The van der Waals surface area contributed by atoms with Crippen molar-refractivity contribution in [1.29, 1.82) is 0 Å². The van der Waals surface area contributed by atoms with Gasteiger partial charge in [-0.15, -0.1) is 10.2 Å². The van der Waals surface area contributed by atoms with E-state index in [1.807, 2.05) is 4.98 Å². The van der Waals surface area contributed by atoms with Gasteiger partial charge >= 0.3 is 5.69 Å². The Kier molecular flexibility index (Phi) is 3.15. The fourth-order valence-corrected chi connectivity index (χ4v) is 1.34. The molecule has 6 nitrogen and oxygen atoms in total. The molecule has 0 radical (unpaired) electrons. The third-order valence-electron chi connectivity index (χ3n) is 1.83. The van der Waals surface area contributed by atoms with E-state index in [9.17, 15) is 9.59 Å². The molecule has 0 unspecified atom stereocenters. The Labute approximate surface area is 100 Å². The highest BCUT2D eigenvalue weighted by atomic mass is 35.5. The van der Waals surface area contributed by atoms with Gasteiger partial charge in [-0.2, -0.15) is 0 Å². The first kappa shape index (κ1) is 11.3. The molecular weight excluding hydrogens is 244 g/mol. The maximum Gasteiger partial charge on any atom is 0.327 e. The van der Waals surface area contributed by atoms with E-state index in [-0.39, 0.29) is 5.82 Å². The summed E-state index contributed by atoms with van der Waals surface area (Å²) in [5, 5.41) is 8.10. The number of benzene rings is 1. The number of hydrogen-bond donors (Lipinski definition) is 2. The van der Waals surface area contributed by atoms with Gasteiger partial charge in [0.15, 0.2) is 5.82 Å². The average Bonchev–Trinajstić information content (AvgIpc) is 2.25. The highest BCUT2D eigenvalue weighted by Crippen LogP contribution is 2.19. The average molecular weight is 251 g/mol. The molecule has 0 amide bonds. The number of hydrogen-bond acceptors (Lipinski definition) is 4. The van der Waals surface area contributed by atoms with Gasteiger partial charge in [-0.3, -0.25) is 14.8 Å². The van der Waals surface area contributed by atoms with Crippen molar-refractivity contribution in [3.8, 4) is 0 Å². The van der Waals surface area contributed by atoms with Gasteiger partial charge in [0.2, 0.25) is 0 Å². The number of azo groups is 1. The maximum atomic E-state index is 11.0. The zero-order chi connectivity index (χ0) is 12.3. The Morgan fingerprint density at radius 2 is 1.88 bits per heavy atom. The molecule has 1 heterocycles. The van der Waals surface area contributed by atoms with Gasteiger partial charge in [0, 0.05) is 11.1 Å². The van der Waals surface area contributed by atoms with Crippen molar-refractivity contribution in [1.82, 2.24) is 9.97 Å². The Morgan fingerprint density at radius 1 is 1.06 bits per heavy atom. The normalized spacial score (nSPS) is 10.9. The molecule has 0 saturated heterocycles. The SMILES string of the molecule is O=c1cc(/N=N/c2cccc(Cl)c2)[nH]c(=O)[nH]1. The molecule has 86 valence electrons. The van der Waals surface area contributed by atoms with Crippen LogP contribution in [0.25, 0.3) is 0 Å². The van der Waals surface area contributed by atoms with E-state index in [1.54, 1.807) is 24.3 Å². The van der Waals surface area contributed by atoms with Crippen LogP contribution >= 0.6 is 11.6 Å². The zero-order valence-corrected chi connectivity index (χ0v) is 9.23. The van der Waals surface area contributed by atoms with Crippen LogP contribution in [0, 0.1) is 0 Å². The van der Waals surface area contributed by atoms with Crippen LogP contribution in [0.5, 0.6) is 0 Å². The van der Waals surface area contributed by atoms with E-state index < -0.39 is 11.2 Å². The quantitative estimate of drug-likeness (QED) is 0.800. The molecule has 2 N–H and O–H groups in total. The largest absolute Gasteiger partial charge is 0.327 e. The van der Waals surface area contributed by atoms with Crippen LogP contribution in [-0.2, 0) is 0 Å². The molecule has 2 aromatic rings. The van der Waals surface area contributed by atoms with Crippen molar-refractivity contribution in [2.75, 3.05) is 0 Å². The van der Waals surface area contributed by atoms with Crippen LogP contribution in [0.1, 0.15) is 0 Å². The minimum absolute atomic E-state index is 0.0822. The van der Waals surface area contributed by atoms with E-state index >= 15 is 0 Å². The minimum atomic E-state index is -0.627. The lowest BCUT2D eigenvalue weighted by molar-refractivity contribution is 1.01. The predicted octanol–water partition coefficient (Wildman–Crippen LogP) is 2.13. The van der Waals surface area contributed by atoms with Crippen LogP contribution in [0.4, 0.5) is 11.5 Å². The third kappa shape index (κ3) is 3.12. The molecule has 0 bridgehead atoms. The molecule has 1 aromatic carbocycles. The Bertz CT molecular complexity index is 646. The molecule has 0 aliphatic heterocycles. The number of nitrogens with zero attached hydrogens (tertiary/aromatic N) is 2. The summed E-state index contributed by atoms with van der Waals surface area (Å²) in [7, 11) is 0. The predicted molar refractivity (Wildman–Crippen MR) is 63.3 cm³/mol. The minimum Gasteiger partial charge on any atom is -0.290 e. The van der Waals surface area contributed by atoms with E-state index in [4.69, 9.17) is 11.6 Å². The molecule has 0 atom stereocenters. The van der Waals surface area contributed by atoms with Crippen LogP contribution in [0.2, 0.25) is 5.02 Å². The van der Waals surface area contributed by atoms with Gasteiger partial charge in [0.1, 0.15) is 0 Å². The summed E-state index contributed by atoms with van der Waals surface area (Å²) >= 11 is 5.76. The molecule has 17 heavy (non-hydrogen) atoms. The molecule has 0 spiro atoms. The van der Waals surface area contributed by atoms with Crippen LogP contribution < -0.4 is 11.2 Å².